The molecule has 0 aliphatic heterocycles. The van der Waals surface area contributed by atoms with E-state index in [4.69, 9.17) is 9.84 Å². The highest BCUT2D eigenvalue weighted by atomic mass is 32.2. The Bertz CT molecular complexity index is 587. The SMILES string of the molecule is CCN(CC(=O)O)C1CC(NC(=O)C(C)Oc2ccc(SC)cc2)C1. The van der Waals surface area contributed by atoms with Crippen molar-refractivity contribution in [2.45, 2.75) is 49.8 Å². The van der Waals surface area contributed by atoms with E-state index in [-0.39, 0.29) is 24.5 Å². The Labute approximate surface area is 152 Å². The van der Waals surface area contributed by atoms with E-state index in [2.05, 4.69) is 5.32 Å². The van der Waals surface area contributed by atoms with Gasteiger partial charge < -0.3 is 15.2 Å². The van der Waals surface area contributed by atoms with Gasteiger partial charge in [-0.3, -0.25) is 14.5 Å². The number of benzene rings is 1. The molecule has 2 rings (SSSR count). The summed E-state index contributed by atoms with van der Waals surface area (Å²) in [6.07, 6.45) is 3.00. The smallest absolute Gasteiger partial charge is 0.317 e. The van der Waals surface area contributed by atoms with Crippen molar-refractivity contribution in [1.29, 1.82) is 0 Å². The minimum atomic E-state index is -0.816. The van der Waals surface area contributed by atoms with Crippen molar-refractivity contribution in [3.63, 3.8) is 0 Å². The predicted octanol–water partition coefficient (Wildman–Crippen LogP) is 2.23. The second kappa shape index (κ2) is 9.10. The Hall–Kier alpha value is -1.73. The first-order valence-corrected chi connectivity index (χ1v) is 9.72. The van der Waals surface area contributed by atoms with Gasteiger partial charge in [0.2, 0.25) is 0 Å². The monoisotopic (exact) mass is 366 g/mol. The first-order valence-electron chi connectivity index (χ1n) is 8.49. The Morgan fingerprint density at radius 1 is 1.36 bits per heavy atom. The zero-order valence-electron chi connectivity index (χ0n) is 14.9. The zero-order chi connectivity index (χ0) is 18.4. The highest BCUT2D eigenvalue weighted by molar-refractivity contribution is 7.98. The Kier molecular flexibility index (Phi) is 7.13. The summed E-state index contributed by atoms with van der Waals surface area (Å²) in [4.78, 5) is 26.2. The maximum atomic E-state index is 12.2. The molecule has 2 N–H and O–H groups in total. The minimum Gasteiger partial charge on any atom is -0.481 e. The molecule has 1 fully saturated rings. The molecule has 25 heavy (non-hydrogen) atoms. The molecule has 1 atom stereocenters. The molecule has 1 saturated carbocycles. The molecule has 0 heterocycles. The van der Waals surface area contributed by atoms with Crippen LogP contribution < -0.4 is 10.1 Å². The molecular weight excluding hydrogens is 340 g/mol. The molecule has 0 spiro atoms. The van der Waals surface area contributed by atoms with Crippen LogP contribution in [-0.2, 0) is 9.59 Å². The number of likely N-dealkylation sites (N-methyl/N-ethyl adjacent to an activating group) is 1. The molecule has 1 aliphatic rings. The lowest BCUT2D eigenvalue weighted by Gasteiger charge is -2.42. The van der Waals surface area contributed by atoms with Crippen LogP contribution in [0.5, 0.6) is 5.75 Å². The van der Waals surface area contributed by atoms with Gasteiger partial charge in [-0.25, -0.2) is 0 Å². The van der Waals surface area contributed by atoms with E-state index in [0.717, 1.165) is 17.7 Å². The van der Waals surface area contributed by atoms with Gasteiger partial charge in [0, 0.05) is 17.0 Å². The van der Waals surface area contributed by atoms with Crippen molar-refractivity contribution in [3.8, 4) is 5.75 Å². The highest BCUT2D eigenvalue weighted by Crippen LogP contribution is 2.26. The summed E-state index contributed by atoms with van der Waals surface area (Å²) in [5, 5.41) is 11.9. The summed E-state index contributed by atoms with van der Waals surface area (Å²) in [6, 6.07) is 7.96. The first-order chi connectivity index (χ1) is 11.9. The van der Waals surface area contributed by atoms with E-state index < -0.39 is 12.1 Å². The number of nitrogens with zero attached hydrogens (tertiary/aromatic N) is 1. The number of carbonyl (C=O) groups excluding carboxylic acids is 1. The lowest BCUT2D eigenvalue weighted by molar-refractivity contribution is -0.140. The summed E-state index contributed by atoms with van der Waals surface area (Å²) in [5.74, 6) is -0.284. The minimum absolute atomic E-state index is 0.0490. The average Bonchev–Trinajstić information content (AvgIpc) is 2.56. The topological polar surface area (TPSA) is 78.9 Å². The summed E-state index contributed by atoms with van der Waals surface area (Å²) in [7, 11) is 0. The lowest BCUT2D eigenvalue weighted by Crippen LogP contribution is -2.56. The molecule has 0 radical (unpaired) electrons. The number of thioether (sulfide) groups is 1. The van der Waals surface area contributed by atoms with E-state index in [9.17, 15) is 9.59 Å². The summed E-state index contributed by atoms with van der Waals surface area (Å²) >= 11 is 1.65. The van der Waals surface area contributed by atoms with Crippen LogP contribution in [0.15, 0.2) is 29.2 Å². The molecule has 1 unspecified atom stereocenters. The molecule has 1 aliphatic carbocycles. The summed E-state index contributed by atoms with van der Waals surface area (Å²) < 4.78 is 5.68. The Morgan fingerprint density at radius 3 is 2.52 bits per heavy atom. The van der Waals surface area contributed by atoms with Gasteiger partial charge in [0.25, 0.3) is 5.91 Å². The first kappa shape index (κ1) is 19.6. The largest absolute Gasteiger partial charge is 0.481 e. The third-order valence-electron chi connectivity index (χ3n) is 4.46. The van der Waals surface area contributed by atoms with Crippen LogP contribution in [0.4, 0.5) is 0 Å². The molecule has 0 saturated heterocycles. The van der Waals surface area contributed by atoms with E-state index in [1.807, 2.05) is 42.3 Å². The second-order valence-electron chi connectivity index (χ2n) is 6.22. The summed E-state index contributed by atoms with van der Waals surface area (Å²) in [5.41, 5.74) is 0. The van der Waals surface area contributed by atoms with E-state index in [1.165, 1.54) is 0 Å². The molecule has 0 aromatic heterocycles. The third kappa shape index (κ3) is 5.64. The Balaban J connectivity index is 1.75. The van der Waals surface area contributed by atoms with Gasteiger partial charge in [0.05, 0.1) is 6.54 Å². The normalized spacial score (nSPS) is 20.6. The standard InChI is InChI=1S/C18H26N2O4S/c1-4-20(11-17(21)22)14-9-13(10-14)19-18(23)12(2)24-15-5-7-16(25-3)8-6-15/h5-8,12-14H,4,9-11H2,1-3H3,(H,19,23)(H,21,22). The fraction of sp³-hybridized carbons (Fsp3) is 0.556. The van der Waals surface area contributed by atoms with Gasteiger partial charge in [-0.1, -0.05) is 6.92 Å². The number of aliphatic carboxylic acids is 1. The van der Waals surface area contributed by atoms with Crippen molar-refractivity contribution in [2.75, 3.05) is 19.3 Å². The maximum Gasteiger partial charge on any atom is 0.317 e. The van der Waals surface area contributed by atoms with Gasteiger partial charge in [-0.05, 0) is 56.8 Å². The van der Waals surface area contributed by atoms with Crippen LogP contribution in [0.1, 0.15) is 26.7 Å². The van der Waals surface area contributed by atoms with Crippen molar-refractivity contribution in [1.82, 2.24) is 10.2 Å². The fourth-order valence-electron chi connectivity index (χ4n) is 2.91. The molecule has 1 amide bonds. The number of nitrogens with one attached hydrogen (secondary N) is 1. The number of rotatable bonds is 9. The van der Waals surface area contributed by atoms with Crippen molar-refractivity contribution < 1.29 is 19.4 Å². The van der Waals surface area contributed by atoms with E-state index in [1.54, 1.807) is 18.7 Å². The van der Waals surface area contributed by atoms with Gasteiger partial charge in [-0.15, -0.1) is 11.8 Å². The van der Waals surface area contributed by atoms with Crippen molar-refractivity contribution >= 4 is 23.6 Å². The van der Waals surface area contributed by atoms with Crippen LogP contribution in [-0.4, -0.2) is 59.4 Å². The van der Waals surface area contributed by atoms with Crippen LogP contribution in [0.3, 0.4) is 0 Å². The molecule has 138 valence electrons. The quantitative estimate of drug-likeness (QED) is 0.653. The number of carboxylic acids is 1. The van der Waals surface area contributed by atoms with Crippen LogP contribution >= 0.6 is 11.8 Å². The number of carbonyl (C=O) groups is 2. The number of hydrogen-bond acceptors (Lipinski definition) is 5. The molecule has 7 heteroatoms. The number of ether oxygens (including phenoxy) is 1. The number of carboxylic acid groups (broad SMARTS) is 1. The third-order valence-corrected chi connectivity index (χ3v) is 5.21. The predicted molar refractivity (Wildman–Crippen MR) is 98.1 cm³/mol. The molecular formula is C18H26N2O4S. The lowest BCUT2D eigenvalue weighted by atomic mass is 9.85. The van der Waals surface area contributed by atoms with Crippen LogP contribution in [0, 0.1) is 0 Å². The average molecular weight is 366 g/mol. The Morgan fingerprint density at radius 2 is 2.00 bits per heavy atom. The van der Waals surface area contributed by atoms with E-state index >= 15 is 0 Å². The number of amides is 1. The molecule has 6 nitrogen and oxygen atoms in total. The fourth-order valence-corrected chi connectivity index (χ4v) is 3.32. The summed E-state index contributed by atoms with van der Waals surface area (Å²) in [6.45, 7) is 4.43. The highest BCUT2D eigenvalue weighted by Gasteiger charge is 2.35. The van der Waals surface area contributed by atoms with Crippen LogP contribution in [0.25, 0.3) is 0 Å². The maximum absolute atomic E-state index is 12.2. The van der Waals surface area contributed by atoms with Gasteiger partial charge in [-0.2, -0.15) is 0 Å². The van der Waals surface area contributed by atoms with Crippen LogP contribution in [0.2, 0.25) is 0 Å². The second-order valence-corrected chi connectivity index (χ2v) is 7.10. The van der Waals surface area contributed by atoms with Gasteiger partial charge in [0.1, 0.15) is 5.75 Å². The molecule has 1 aromatic carbocycles. The number of hydrogen-bond donors (Lipinski definition) is 2. The molecule has 0 bridgehead atoms. The van der Waals surface area contributed by atoms with E-state index in [0.29, 0.717) is 12.3 Å². The van der Waals surface area contributed by atoms with Crippen molar-refractivity contribution in [2.24, 2.45) is 0 Å². The van der Waals surface area contributed by atoms with Gasteiger partial charge >= 0.3 is 5.97 Å². The van der Waals surface area contributed by atoms with Crippen molar-refractivity contribution in [3.05, 3.63) is 24.3 Å². The molecule has 1 aromatic rings. The zero-order valence-corrected chi connectivity index (χ0v) is 15.7. The van der Waals surface area contributed by atoms with Gasteiger partial charge in [0.15, 0.2) is 6.10 Å².